The second-order valence-electron chi connectivity index (χ2n) is 3.79. The molecule has 0 aliphatic carbocycles. The van der Waals surface area contributed by atoms with E-state index in [0.717, 1.165) is 14.9 Å². The van der Waals surface area contributed by atoms with E-state index >= 15 is 0 Å². The van der Waals surface area contributed by atoms with Crippen LogP contribution in [0.2, 0.25) is 0 Å². The molecule has 1 aromatic heterocycles. The third-order valence-electron chi connectivity index (χ3n) is 2.38. The van der Waals surface area contributed by atoms with Crippen LogP contribution in [0.1, 0.15) is 5.56 Å². The van der Waals surface area contributed by atoms with Crippen molar-refractivity contribution in [3.8, 4) is 0 Å². The van der Waals surface area contributed by atoms with Crippen molar-refractivity contribution in [2.75, 3.05) is 5.75 Å². The molecule has 0 spiro atoms. The summed E-state index contributed by atoms with van der Waals surface area (Å²) in [6, 6.07) is 11.7. The van der Waals surface area contributed by atoms with Crippen LogP contribution in [-0.2, 0) is 11.2 Å². The van der Waals surface area contributed by atoms with Crippen LogP contribution < -0.4 is 0 Å². The molecule has 0 fully saturated rings. The Kier molecular flexibility index (Phi) is 4.96. The normalized spacial score (nSPS) is 10.3. The maximum atomic E-state index is 11.8. The summed E-state index contributed by atoms with van der Waals surface area (Å²) in [5, 5.41) is 0. The van der Waals surface area contributed by atoms with Gasteiger partial charge >= 0.3 is 0 Å². The molecule has 4 heteroatoms. The molecule has 18 heavy (non-hydrogen) atoms. The molecule has 92 valence electrons. The second kappa shape index (κ2) is 6.71. The summed E-state index contributed by atoms with van der Waals surface area (Å²) in [5.74, 6) is 0.715. The van der Waals surface area contributed by atoms with Gasteiger partial charge in [-0.2, -0.15) is 0 Å². The lowest BCUT2D eigenvalue weighted by Crippen LogP contribution is -2.05. The first-order chi connectivity index (χ1) is 8.75. The van der Waals surface area contributed by atoms with Crippen molar-refractivity contribution in [3.63, 3.8) is 0 Å². The van der Waals surface area contributed by atoms with E-state index in [-0.39, 0.29) is 5.78 Å². The summed E-state index contributed by atoms with van der Waals surface area (Å²) in [6.45, 7) is 0. The van der Waals surface area contributed by atoms with Gasteiger partial charge in [-0.05, 0) is 45.8 Å². The molecule has 0 atom stereocenters. The van der Waals surface area contributed by atoms with Crippen LogP contribution in [0.4, 0.5) is 0 Å². The van der Waals surface area contributed by atoms with Crippen LogP contribution in [-0.4, -0.2) is 16.5 Å². The van der Waals surface area contributed by atoms with E-state index in [9.17, 15) is 4.79 Å². The number of halogens is 1. The molecule has 1 aromatic carbocycles. The minimum Gasteiger partial charge on any atom is -0.298 e. The molecule has 2 rings (SSSR count). The van der Waals surface area contributed by atoms with Gasteiger partial charge in [0.15, 0.2) is 0 Å². The van der Waals surface area contributed by atoms with Crippen LogP contribution in [0.15, 0.2) is 58.2 Å². The molecule has 2 aromatic rings. The minimum atomic E-state index is 0.224. The van der Waals surface area contributed by atoms with Crippen LogP contribution in [0.5, 0.6) is 0 Å². The predicted octanol–water partition coefficient (Wildman–Crippen LogP) is 3.75. The number of thioether (sulfide) groups is 1. The number of pyridine rings is 1. The molecule has 0 N–H and O–H groups in total. The Hall–Kier alpha value is -1.13. The molecule has 0 bridgehead atoms. The molecule has 0 radical (unpaired) electrons. The lowest BCUT2D eigenvalue weighted by Gasteiger charge is -2.03. The fourth-order valence-corrected chi connectivity index (χ4v) is 2.93. The van der Waals surface area contributed by atoms with E-state index in [4.69, 9.17) is 0 Å². The topological polar surface area (TPSA) is 30.0 Å². The Morgan fingerprint density at radius 1 is 1.17 bits per heavy atom. The summed E-state index contributed by atoms with van der Waals surface area (Å²) in [7, 11) is 0. The van der Waals surface area contributed by atoms with E-state index in [2.05, 4.69) is 20.9 Å². The smallest absolute Gasteiger partial charge is 0.147 e. The van der Waals surface area contributed by atoms with Gasteiger partial charge in [0.25, 0.3) is 0 Å². The number of hydrogen-bond acceptors (Lipinski definition) is 3. The SMILES string of the molecule is O=C(CSc1ccccc1Br)Cc1ccncc1. The molecule has 0 unspecified atom stereocenters. The van der Waals surface area contributed by atoms with Crippen molar-refractivity contribution in [2.24, 2.45) is 0 Å². The van der Waals surface area contributed by atoms with Crippen molar-refractivity contribution in [1.82, 2.24) is 4.98 Å². The highest BCUT2D eigenvalue weighted by molar-refractivity contribution is 9.10. The first-order valence-electron chi connectivity index (χ1n) is 5.53. The van der Waals surface area contributed by atoms with Gasteiger partial charge in [0.05, 0.1) is 5.75 Å². The number of aromatic nitrogens is 1. The number of Topliss-reactive ketones (excluding diaryl/α,β-unsaturated/α-hetero) is 1. The average Bonchev–Trinajstić information content (AvgIpc) is 2.39. The zero-order valence-electron chi connectivity index (χ0n) is 9.67. The fourth-order valence-electron chi connectivity index (χ4n) is 1.50. The van der Waals surface area contributed by atoms with E-state index in [1.165, 1.54) is 0 Å². The Labute approximate surface area is 119 Å². The highest BCUT2D eigenvalue weighted by atomic mass is 79.9. The summed E-state index contributed by atoms with van der Waals surface area (Å²) in [5.41, 5.74) is 1.02. The van der Waals surface area contributed by atoms with Crippen LogP contribution >= 0.6 is 27.7 Å². The van der Waals surface area contributed by atoms with Gasteiger partial charge in [0.1, 0.15) is 5.78 Å². The quantitative estimate of drug-likeness (QED) is 0.786. The number of benzene rings is 1. The number of carbonyl (C=O) groups is 1. The summed E-state index contributed by atoms with van der Waals surface area (Å²) in [6.07, 6.45) is 3.90. The Morgan fingerprint density at radius 2 is 1.89 bits per heavy atom. The van der Waals surface area contributed by atoms with Gasteiger partial charge in [-0.1, -0.05) is 12.1 Å². The first kappa shape index (κ1) is 13.3. The van der Waals surface area contributed by atoms with Crippen molar-refractivity contribution in [2.45, 2.75) is 11.3 Å². The maximum absolute atomic E-state index is 11.8. The monoisotopic (exact) mass is 321 g/mol. The zero-order chi connectivity index (χ0) is 12.8. The molecule has 0 amide bonds. The van der Waals surface area contributed by atoms with Gasteiger partial charge in [0, 0.05) is 28.2 Å². The van der Waals surface area contributed by atoms with Gasteiger partial charge in [-0.15, -0.1) is 11.8 Å². The lowest BCUT2D eigenvalue weighted by atomic mass is 10.1. The molecule has 0 aliphatic rings. The number of hydrogen-bond donors (Lipinski definition) is 0. The van der Waals surface area contributed by atoms with Gasteiger partial charge in [-0.3, -0.25) is 9.78 Å². The summed E-state index contributed by atoms with van der Waals surface area (Å²) >= 11 is 5.04. The van der Waals surface area contributed by atoms with E-state index in [1.807, 2.05) is 36.4 Å². The van der Waals surface area contributed by atoms with Gasteiger partial charge in [0.2, 0.25) is 0 Å². The van der Waals surface area contributed by atoms with Crippen LogP contribution in [0, 0.1) is 0 Å². The van der Waals surface area contributed by atoms with Crippen molar-refractivity contribution < 1.29 is 4.79 Å². The number of carbonyl (C=O) groups excluding carboxylic acids is 1. The third-order valence-corrected chi connectivity index (χ3v) is 4.46. The largest absolute Gasteiger partial charge is 0.298 e. The van der Waals surface area contributed by atoms with Crippen molar-refractivity contribution >= 4 is 33.5 Å². The molecular weight excluding hydrogens is 310 g/mol. The van der Waals surface area contributed by atoms with Gasteiger partial charge < -0.3 is 0 Å². The fraction of sp³-hybridized carbons (Fsp3) is 0.143. The average molecular weight is 322 g/mol. The molecule has 0 aliphatic heterocycles. The molecule has 1 heterocycles. The van der Waals surface area contributed by atoms with Crippen LogP contribution in [0.3, 0.4) is 0 Å². The van der Waals surface area contributed by atoms with E-state index in [0.29, 0.717) is 12.2 Å². The standard InChI is InChI=1S/C14H12BrNOS/c15-13-3-1-2-4-14(13)18-10-12(17)9-11-5-7-16-8-6-11/h1-8H,9-10H2. The summed E-state index contributed by atoms with van der Waals surface area (Å²) in [4.78, 5) is 16.9. The van der Waals surface area contributed by atoms with Crippen molar-refractivity contribution in [3.05, 3.63) is 58.8 Å². The molecular formula is C14H12BrNOS. The minimum absolute atomic E-state index is 0.224. The Morgan fingerprint density at radius 3 is 2.61 bits per heavy atom. The second-order valence-corrected chi connectivity index (χ2v) is 5.66. The van der Waals surface area contributed by atoms with Crippen LogP contribution in [0.25, 0.3) is 0 Å². The number of rotatable bonds is 5. The maximum Gasteiger partial charge on any atom is 0.147 e. The third kappa shape index (κ3) is 3.96. The van der Waals surface area contributed by atoms with Crippen molar-refractivity contribution in [1.29, 1.82) is 0 Å². The Bertz CT molecular complexity index is 530. The zero-order valence-corrected chi connectivity index (χ0v) is 12.1. The van der Waals surface area contributed by atoms with E-state index < -0.39 is 0 Å². The molecule has 0 saturated heterocycles. The van der Waals surface area contributed by atoms with Gasteiger partial charge in [-0.25, -0.2) is 0 Å². The Balaban J connectivity index is 1.88. The molecule has 2 nitrogen and oxygen atoms in total. The van der Waals surface area contributed by atoms with E-state index in [1.54, 1.807) is 24.2 Å². The lowest BCUT2D eigenvalue weighted by molar-refractivity contribution is -0.116. The predicted molar refractivity (Wildman–Crippen MR) is 77.8 cm³/mol. The highest BCUT2D eigenvalue weighted by Gasteiger charge is 2.06. The highest BCUT2D eigenvalue weighted by Crippen LogP contribution is 2.27. The first-order valence-corrected chi connectivity index (χ1v) is 7.31. The summed E-state index contributed by atoms with van der Waals surface area (Å²) < 4.78 is 1.03. The number of nitrogens with zero attached hydrogens (tertiary/aromatic N) is 1. The molecule has 0 saturated carbocycles. The number of ketones is 1.